The Bertz CT molecular complexity index is 775. The zero-order valence-corrected chi connectivity index (χ0v) is 16.6. The van der Waals surface area contributed by atoms with E-state index in [4.69, 9.17) is 22.9 Å². The highest BCUT2D eigenvalue weighted by molar-refractivity contribution is 6.31. The SMILES string of the molecule is [C-]#[N+]C(C)(C)c1ncc(CCC2(C3CCCC3)CC(=O)CC(=O)O2)cc1Cl. The lowest BCUT2D eigenvalue weighted by atomic mass is 9.76. The van der Waals surface area contributed by atoms with E-state index in [2.05, 4.69) is 9.83 Å². The van der Waals surface area contributed by atoms with Crippen molar-refractivity contribution < 1.29 is 14.3 Å². The number of aryl methyl sites for hydroxylation is 1. The Hall–Kier alpha value is -1.93. The van der Waals surface area contributed by atoms with Crippen molar-refractivity contribution in [1.29, 1.82) is 0 Å². The van der Waals surface area contributed by atoms with Gasteiger partial charge in [0, 0.05) is 26.5 Å². The summed E-state index contributed by atoms with van der Waals surface area (Å²) in [5, 5.41) is 0.472. The molecule has 0 aromatic carbocycles. The molecule has 1 aliphatic carbocycles. The molecule has 1 aromatic rings. The largest absolute Gasteiger partial charge is 0.458 e. The smallest absolute Gasteiger partial charge is 0.313 e. The van der Waals surface area contributed by atoms with Crippen molar-refractivity contribution in [3.8, 4) is 0 Å². The van der Waals surface area contributed by atoms with Gasteiger partial charge in [-0.15, -0.1) is 0 Å². The maximum absolute atomic E-state index is 12.1. The van der Waals surface area contributed by atoms with Crippen molar-refractivity contribution in [2.24, 2.45) is 5.92 Å². The maximum Gasteiger partial charge on any atom is 0.313 e. The van der Waals surface area contributed by atoms with Gasteiger partial charge >= 0.3 is 5.97 Å². The summed E-state index contributed by atoms with van der Waals surface area (Å²) in [6, 6.07) is 1.84. The zero-order chi connectivity index (χ0) is 19.7. The van der Waals surface area contributed by atoms with Crippen LogP contribution >= 0.6 is 11.6 Å². The number of esters is 1. The molecule has 27 heavy (non-hydrogen) atoms. The van der Waals surface area contributed by atoms with Gasteiger partial charge in [-0.2, -0.15) is 0 Å². The number of nitrogens with zero attached hydrogens (tertiary/aromatic N) is 2. The monoisotopic (exact) mass is 388 g/mol. The number of ether oxygens (including phenoxy) is 1. The van der Waals surface area contributed by atoms with Gasteiger partial charge in [0.05, 0.1) is 5.02 Å². The van der Waals surface area contributed by atoms with E-state index in [9.17, 15) is 9.59 Å². The molecule has 144 valence electrons. The Morgan fingerprint density at radius 2 is 2.07 bits per heavy atom. The van der Waals surface area contributed by atoms with E-state index in [1.807, 2.05) is 6.07 Å². The zero-order valence-electron chi connectivity index (χ0n) is 15.9. The van der Waals surface area contributed by atoms with Crippen LogP contribution in [0.5, 0.6) is 0 Å². The lowest BCUT2D eigenvalue weighted by molar-refractivity contribution is -0.178. The third-order valence-electron chi connectivity index (χ3n) is 5.85. The number of hydrogen-bond acceptors (Lipinski definition) is 4. The summed E-state index contributed by atoms with van der Waals surface area (Å²) in [6.07, 6.45) is 7.40. The van der Waals surface area contributed by atoms with Crippen LogP contribution in [0.3, 0.4) is 0 Å². The van der Waals surface area contributed by atoms with Crippen molar-refractivity contribution in [2.75, 3.05) is 0 Å². The molecule has 0 amide bonds. The topological polar surface area (TPSA) is 60.6 Å². The fraction of sp³-hybridized carbons (Fsp3) is 0.619. The number of hydrogen-bond donors (Lipinski definition) is 0. The standard InChI is InChI=1S/C21H25ClN2O3/c1-20(2,23-3)19-17(22)10-14(13-24-19)8-9-21(15-6-4-5-7-15)12-16(25)11-18(26)27-21/h10,13,15H,4-9,11-12H2,1-2H3. The summed E-state index contributed by atoms with van der Waals surface area (Å²) < 4.78 is 5.82. The molecule has 3 rings (SSSR count). The Morgan fingerprint density at radius 1 is 1.37 bits per heavy atom. The molecule has 2 fully saturated rings. The van der Waals surface area contributed by atoms with E-state index in [-0.39, 0.29) is 18.1 Å². The maximum atomic E-state index is 12.1. The minimum absolute atomic E-state index is 0.0246. The van der Waals surface area contributed by atoms with Crippen LogP contribution in [0.1, 0.15) is 70.1 Å². The summed E-state index contributed by atoms with van der Waals surface area (Å²) in [5.41, 5.74) is 0.0271. The average molecular weight is 389 g/mol. The molecule has 1 saturated carbocycles. The van der Waals surface area contributed by atoms with Gasteiger partial charge in [-0.1, -0.05) is 24.4 Å². The number of carbonyl (C=O) groups is 2. The molecular weight excluding hydrogens is 364 g/mol. The van der Waals surface area contributed by atoms with Crippen LogP contribution in [-0.2, 0) is 26.3 Å². The Labute approximate surface area is 165 Å². The van der Waals surface area contributed by atoms with Gasteiger partial charge in [-0.25, -0.2) is 6.57 Å². The van der Waals surface area contributed by atoms with Crippen molar-refractivity contribution in [2.45, 2.75) is 76.4 Å². The number of ketones is 1. The summed E-state index contributed by atoms with van der Waals surface area (Å²) in [4.78, 5) is 32.1. The summed E-state index contributed by atoms with van der Waals surface area (Å²) in [5.74, 6) is -0.179. The van der Waals surface area contributed by atoms with E-state index >= 15 is 0 Å². The molecule has 1 saturated heterocycles. The second kappa shape index (κ2) is 7.59. The van der Waals surface area contributed by atoms with E-state index in [1.54, 1.807) is 20.0 Å². The predicted octanol–water partition coefficient (Wildman–Crippen LogP) is 4.66. The van der Waals surface area contributed by atoms with Crippen LogP contribution < -0.4 is 0 Å². The van der Waals surface area contributed by atoms with Crippen molar-refractivity contribution in [3.63, 3.8) is 0 Å². The first kappa shape index (κ1) is 19.8. The number of aromatic nitrogens is 1. The molecule has 1 unspecified atom stereocenters. The third-order valence-corrected chi connectivity index (χ3v) is 6.14. The van der Waals surface area contributed by atoms with Crippen molar-refractivity contribution in [1.82, 2.24) is 4.98 Å². The first-order chi connectivity index (χ1) is 12.8. The van der Waals surface area contributed by atoms with E-state index in [1.165, 1.54) is 0 Å². The molecule has 2 heterocycles. The Balaban J connectivity index is 1.80. The van der Waals surface area contributed by atoms with Crippen LogP contribution in [0.15, 0.2) is 12.3 Å². The first-order valence-electron chi connectivity index (χ1n) is 9.53. The van der Waals surface area contributed by atoms with E-state index < -0.39 is 17.1 Å². The van der Waals surface area contributed by atoms with Gasteiger partial charge in [-0.05, 0) is 43.2 Å². The van der Waals surface area contributed by atoms with Gasteiger partial charge in [0.25, 0.3) is 5.54 Å². The molecule has 5 nitrogen and oxygen atoms in total. The second-order valence-corrected chi connectivity index (χ2v) is 8.66. The molecule has 1 atom stereocenters. The van der Waals surface area contributed by atoms with Crippen molar-refractivity contribution >= 4 is 23.4 Å². The molecular formula is C21H25ClN2O3. The van der Waals surface area contributed by atoms with Crippen LogP contribution in [0.25, 0.3) is 4.85 Å². The third kappa shape index (κ3) is 4.16. The van der Waals surface area contributed by atoms with Gasteiger partial charge in [0.15, 0.2) is 0 Å². The van der Waals surface area contributed by atoms with Gasteiger partial charge in [0.2, 0.25) is 0 Å². The van der Waals surface area contributed by atoms with Gasteiger partial charge < -0.3 is 9.58 Å². The average Bonchev–Trinajstić information content (AvgIpc) is 3.14. The van der Waals surface area contributed by atoms with E-state index in [0.717, 1.165) is 31.2 Å². The Kier molecular flexibility index (Phi) is 5.58. The number of halogens is 1. The van der Waals surface area contributed by atoms with Crippen molar-refractivity contribution in [3.05, 3.63) is 40.0 Å². The molecule has 0 N–H and O–H groups in total. The minimum Gasteiger partial charge on any atom is -0.458 e. The minimum atomic E-state index is -0.772. The Morgan fingerprint density at radius 3 is 2.67 bits per heavy atom. The lowest BCUT2D eigenvalue weighted by Crippen LogP contribution is -2.48. The molecule has 1 aromatic heterocycles. The highest BCUT2D eigenvalue weighted by atomic mass is 35.5. The quantitative estimate of drug-likeness (QED) is 0.418. The molecule has 1 aliphatic heterocycles. The van der Waals surface area contributed by atoms with Crippen LogP contribution in [0, 0.1) is 12.5 Å². The first-order valence-corrected chi connectivity index (χ1v) is 9.90. The summed E-state index contributed by atoms with van der Waals surface area (Å²) in [7, 11) is 0. The fourth-order valence-electron chi connectivity index (χ4n) is 4.35. The second-order valence-electron chi connectivity index (χ2n) is 8.26. The molecule has 6 heteroatoms. The highest BCUT2D eigenvalue weighted by Gasteiger charge is 2.47. The van der Waals surface area contributed by atoms with Crippen LogP contribution in [-0.4, -0.2) is 22.3 Å². The van der Waals surface area contributed by atoms with Crippen LogP contribution in [0.2, 0.25) is 5.02 Å². The van der Waals surface area contributed by atoms with Gasteiger partial charge in [0.1, 0.15) is 23.5 Å². The number of carbonyl (C=O) groups excluding carboxylic acids is 2. The number of rotatable bonds is 5. The fourth-order valence-corrected chi connectivity index (χ4v) is 4.77. The normalized spacial score (nSPS) is 23.9. The predicted molar refractivity (Wildman–Crippen MR) is 102 cm³/mol. The van der Waals surface area contributed by atoms with E-state index in [0.29, 0.717) is 30.0 Å². The summed E-state index contributed by atoms with van der Waals surface area (Å²) >= 11 is 6.38. The number of Topliss-reactive ketones (excluding diaryl/α,β-unsaturated/α-hetero) is 1. The molecule has 0 spiro atoms. The van der Waals surface area contributed by atoms with Crippen LogP contribution in [0.4, 0.5) is 0 Å². The highest BCUT2D eigenvalue weighted by Crippen LogP contribution is 2.44. The lowest BCUT2D eigenvalue weighted by Gasteiger charge is -2.41. The molecule has 0 radical (unpaired) electrons. The number of pyridine rings is 1. The number of cyclic esters (lactones) is 1. The summed E-state index contributed by atoms with van der Waals surface area (Å²) in [6.45, 7) is 10.9. The molecule has 2 aliphatic rings. The van der Waals surface area contributed by atoms with Gasteiger partial charge in [-0.3, -0.25) is 14.6 Å². The molecule has 0 bridgehead atoms.